The number of benzene rings is 1. The lowest BCUT2D eigenvalue weighted by atomic mass is 10.0. The van der Waals surface area contributed by atoms with Crippen molar-refractivity contribution in [3.63, 3.8) is 0 Å². The highest BCUT2D eigenvalue weighted by Gasteiger charge is 2.21. The highest BCUT2D eigenvalue weighted by atomic mass is 16.2. The summed E-state index contributed by atoms with van der Waals surface area (Å²) in [6.07, 6.45) is 6.59. The molecule has 5 heteroatoms. The third kappa shape index (κ3) is 6.70. The molecule has 1 saturated heterocycles. The van der Waals surface area contributed by atoms with Crippen LogP contribution in [0.5, 0.6) is 0 Å². The van der Waals surface area contributed by atoms with E-state index in [0.29, 0.717) is 6.54 Å². The van der Waals surface area contributed by atoms with Crippen LogP contribution in [0.4, 0.5) is 0 Å². The molecule has 1 aliphatic heterocycles. The maximum absolute atomic E-state index is 12.4. The molecule has 2 rings (SSSR count). The van der Waals surface area contributed by atoms with Crippen LogP contribution in [-0.2, 0) is 9.59 Å². The Morgan fingerprint density at radius 2 is 2.00 bits per heavy atom. The number of amides is 2. The predicted octanol–water partition coefficient (Wildman–Crippen LogP) is 1.13. The van der Waals surface area contributed by atoms with Crippen LogP contribution in [0, 0.1) is 0 Å². The van der Waals surface area contributed by atoms with Crippen molar-refractivity contribution < 1.29 is 14.5 Å². The van der Waals surface area contributed by atoms with Crippen molar-refractivity contribution in [3.05, 3.63) is 41.6 Å². The van der Waals surface area contributed by atoms with Crippen molar-refractivity contribution >= 4 is 17.9 Å². The van der Waals surface area contributed by atoms with E-state index in [9.17, 15) is 9.59 Å². The van der Waals surface area contributed by atoms with Gasteiger partial charge < -0.3 is 15.5 Å². The summed E-state index contributed by atoms with van der Waals surface area (Å²) in [6, 6.07) is 10.2. The van der Waals surface area contributed by atoms with Crippen molar-refractivity contribution in [1.82, 2.24) is 10.6 Å². The van der Waals surface area contributed by atoms with E-state index in [1.807, 2.05) is 30.3 Å². The van der Waals surface area contributed by atoms with Gasteiger partial charge in [-0.2, -0.15) is 0 Å². The topological polar surface area (TPSA) is 62.6 Å². The van der Waals surface area contributed by atoms with Crippen LogP contribution >= 0.6 is 0 Å². The highest BCUT2D eigenvalue weighted by Crippen LogP contribution is 2.05. The van der Waals surface area contributed by atoms with E-state index in [1.165, 1.54) is 32.7 Å². The standard InChI is InChI=1S/C20H29N3O2/c1-16-9-6-7-13-23(16)14-8-12-21-20(25)19(22-17(2)24)15-18-10-4-3-5-11-18/h3-5,10-11,15-16H,6-9,12-14H2,1-2H3,(H,21,25)(H,22,24)/p+1/b19-15-/t16-/m0/s1. The maximum atomic E-state index is 12.4. The minimum absolute atomic E-state index is 0.235. The lowest BCUT2D eigenvalue weighted by molar-refractivity contribution is -0.928. The molecule has 1 fully saturated rings. The van der Waals surface area contributed by atoms with Gasteiger partial charge in [-0.15, -0.1) is 0 Å². The molecular formula is C20H30N3O2+. The molecule has 1 aliphatic rings. The Bertz CT molecular complexity index is 598. The Morgan fingerprint density at radius 3 is 2.68 bits per heavy atom. The van der Waals surface area contributed by atoms with Gasteiger partial charge in [-0.05, 0) is 37.8 Å². The molecule has 0 spiro atoms. The van der Waals surface area contributed by atoms with Gasteiger partial charge in [0.05, 0.1) is 19.1 Å². The minimum atomic E-state index is -0.246. The Hall–Kier alpha value is -2.14. The summed E-state index contributed by atoms with van der Waals surface area (Å²) in [7, 11) is 0. The maximum Gasteiger partial charge on any atom is 0.267 e. The van der Waals surface area contributed by atoms with Gasteiger partial charge in [0, 0.05) is 19.9 Å². The molecule has 0 saturated carbocycles. The zero-order valence-corrected chi connectivity index (χ0v) is 15.3. The quantitative estimate of drug-likeness (QED) is 0.513. The largest absolute Gasteiger partial charge is 0.351 e. The van der Waals surface area contributed by atoms with Crippen LogP contribution in [0.15, 0.2) is 36.0 Å². The molecule has 0 bridgehead atoms. The third-order valence-corrected chi connectivity index (χ3v) is 4.71. The van der Waals surface area contributed by atoms with Gasteiger partial charge in [0.15, 0.2) is 0 Å². The first kappa shape index (κ1) is 19.2. The van der Waals surface area contributed by atoms with Gasteiger partial charge in [0.1, 0.15) is 5.70 Å². The molecule has 0 aliphatic carbocycles. The van der Waals surface area contributed by atoms with E-state index in [2.05, 4.69) is 17.6 Å². The van der Waals surface area contributed by atoms with Crippen LogP contribution in [-0.4, -0.2) is 37.5 Å². The SMILES string of the molecule is CC(=O)N/C(=C\c1ccccc1)C(=O)NCCC[NH+]1CCCC[C@@H]1C. The molecular weight excluding hydrogens is 314 g/mol. The number of hydrogen-bond acceptors (Lipinski definition) is 2. The zero-order valence-electron chi connectivity index (χ0n) is 15.3. The zero-order chi connectivity index (χ0) is 18.1. The van der Waals surface area contributed by atoms with Gasteiger partial charge in [0.25, 0.3) is 5.91 Å². The number of carbonyl (C=O) groups is 2. The number of rotatable bonds is 7. The van der Waals surface area contributed by atoms with Crippen molar-refractivity contribution in [2.45, 2.75) is 45.6 Å². The van der Waals surface area contributed by atoms with Crippen LogP contribution in [0.2, 0.25) is 0 Å². The van der Waals surface area contributed by atoms with E-state index in [-0.39, 0.29) is 17.5 Å². The predicted molar refractivity (Wildman–Crippen MR) is 99.9 cm³/mol. The molecule has 1 aromatic carbocycles. The van der Waals surface area contributed by atoms with Crippen LogP contribution in [0.25, 0.3) is 6.08 Å². The van der Waals surface area contributed by atoms with Crippen LogP contribution < -0.4 is 15.5 Å². The van der Waals surface area contributed by atoms with Gasteiger partial charge >= 0.3 is 0 Å². The van der Waals surface area contributed by atoms with Crippen molar-refractivity contribution in [1.29, 1.82) is 0 Å². The summed E-state index contributed by atoms with van der Waals surface area (Å²) in [6.45, 7) is 6.66. The van der Waals surface area contributed by atoms with Gasteiger partial charge in [-0.3, -0.25) is 9.59 Å². The summed E-state index contributed by atoms with van der Waals surface area (Å²) in [5.74, 6) is -0.482. The van der Waals surface area contributed by atoms with E-state index in [0.717, 1.165) is 24.6 Å². The first-order valence-corrected chi connectivity index (χ1v) is 9.23. The van der Waals surface area contributed by atoms with E-state index >= 15 is 0 Å². The van der Waals surface area contributed by atoms with Gasteiger partial charge in [-0.25, -0.2) is 0 Å². The Labute approximate surface area is 150 Å². The molecule has 5 nitrogen and oxygen atoms in total. The fourth-order valence-corrected chi connectivity index (χ4v) is 3.30. The average Bonchev–Trinajstić information content (AvgIpc) is 2.60. The van der Waals surface area contributed by atoms with Gasteiger partial charge in [-0.1, -0.05) is 30.3 Å². The molecule has 2 atom stereocenters. The molecule has 3 N–H and O–H groups in total. The fourth-order valence-electron chi connectivity index (χ4n) is 3.30. The summed E-state index contributed by atoms with van der Waals surface area (Å²) in [5.41, 5.74) is 1.17. The summed E-state index contributed by atoms with van der Waals surface area (Å²) in [4.78, 5) is 25.4. The minimum Gasteiger partial charge on any atom is -0.351 e. The van der Waals surface area contributed by atoms with Crippen molar-refractivity contribution in [3.8, 4) is 0 Å². The lowest BCUT2D eigenvalue weighted by Gasteiger charge is -2.30. The molecule has 1 aromatic rings. The second kappa shape index (κ2) is 9.99. The number of nitrogens with one attached hydrogen (secondary N) is 3. The molecule has 2 amide bonds. The van der Waals surface area contributed by atoms with E-state index in [1.54, 1.807) is 11.0 Å². The smallest absolute Gasteiger partial charge is 0.267 e. The average molecular weight is 344 g/mol. The number of piperidine rings is 1. The third-order valence-electron chi connectivity index (χ3n) is 4.71. The van der Waals surface area contributed by atoms with Crippen molar-refractivity contribution in [2.24, 2.45) is 0 Å². The van der Waals surface area contributed by atoms with E-state index in [4.69, 9.17) is 0 Å². The molecule has 0 aromatic heterocycles. The van der Waals surface area contributed by atoms with Crippen molar-refractivity contribution in [2.75, 3.05) is 19.6 Å². The highest BCUT2D eigenvalue weighted by molar-refractivity contribution is 6.00. The number of hydrogen-bond donors (Lipinski definition) is 3. The van der Waals surface area contributed by atoms with E-state index < -0.39 is 0 Å². The molecule has 1 unspecified atom stereocenters. The fraction of sp³-hybridized carbons (Fsp3) is 0.500. The first-order valence-electron chi connectivity index (χ1n) is 9.23. The van der Waals surface area contributed by atoms with Crippen LogP contribution in [0.3, 0.4) is 0 Å². The Balaban J connectivity index is 1.85. The Morgan fingerprint density at radius 1 is 1.24 bits per heavy atom. The first-order chi connectivity index (χ1) is 12.1. The Kier molecular flexibility index (Phi) is 7.67. The number of likely N-dealkylation sites (tertiary alicyclic amines) is 1. The summed E-state index contributed by atoms with van der Waals surface area (Å²) in [5, 5.41) is 5.56. The van der Waals surface area contributed by atoms with Crippen LogP contribution in [0.1, 0.15) is 45.1 Å². The van der Waals surface area contributed by atoms with Gasteiger partial charge in [0.2, 0.25) is 5.91 Å². The molecule has 136 valence electrons. The second-order valence-electron chi connectivity index (χ2n) is 6.81. The normalized spacial score (nSPS) is 20.8. The summed E-state index contributed by atoms with van der Waals surface area (Å²) < 4.78 is 0. The second-order valence-corrected chi connectivity index (χ2v) is 6.81. The number of carbonyl (C=O) groups excluding carboxylic acids is 2. The summed E-state index contributed by atoms with van der Waals surface area (Å²) >= 11 is 0. The lowest BCUT2D eigenvalue weighted by Crippen LogP contribution is -3.16. The number of quaternary nitrogens is 1. The molecule has 0 radical (unpaired) electrons. The monoisotopic (exact) mass is 344 g/mol. The molecule has 1 heterocycles. The molecule has 25 heavy (non-hydrogen) atoms.